The Morgan fingerprint density at radius 2 is 1.89 bits per heavy atom. The summed E-state index contributed by atoms with van der Waals surface area (Å²) in [7, 11) is 0. The van der Waals surface area contributed by atoms with E-state index in [4.69, 9.17) is 10.2 Å². The van der Waals surface area contributed by atoms with Gasteiger partial charge in [0.25, 0.3) is 0 Å². The first-order valence-corrected chi connectivity index (χ1v) is 8.31. The fourth-order valence-corrected chi connectivity index (χ4v) is 2.78. The van der Waals surface area contributed by atoms with Crippen LogP contribution in [0.2, 0.25) is 0 Å². The molecule has 27 heavy (non-hydrogen) atoms. The molecule has 1 atom stereocenters. The van der Waals surface area contributed by atoms with Crippen LogP contribution < -0.4 is 16.4 Å². The molecule has 0 bridgehead atoms. The van der Waals surface area contributed by atoms with E-state index in [0.29, 0.717) is 11.6 Å². The van der Waals surface area contributed by atoms with Crippen molar-refractivity contribution in [3.05, 3.63) is 66.1 Å². The molecule has 0 saturated carbocycles. The predicted octanol–water partition coefficient (Wildman–Crippen LogP) is 2.78. The molecule has 0 radical (unpaired) electrons. The molecule has 1 unspecified atom stereocenters. The minimum absolute atomic E-state index is 0.0548. The normalized spacial score (nSPS) is 11.6. The summed E-state index contributed by atoms with van der Waals surface area (Å²) in [5, 5.41) is 12.9. The number of hydrogen-bond acceptors (Lipinski definition) is 5. The smallest absolute Gasteiger partial charge is 0.312 e. The topological polar surface area (TPSA) is 123 Å². The molecule has 0 aliphatic rings. The zero-order valence-corrected chi connectivity index (χ0v) is 14.7. The number of nitrogens with two attached hydrogens (primary N) is 1. The van der Waals surface area contributed by atoms with Crippen molar-refractivity contribution in [3.8, 4) is 11.5 Å². The summed E-state index contributed by atoms with van der Waals surface area (Å²) in [5.74, 6) is 0.153. The van der Waals surface area contributed by atoms with E-state index in [1.54, 1.807) is 24.3 Å². The third-order valence-electron chi connectivity index (χ3n) is 4.05. The van der Waals surface area contributed by atoms with Crippen LogP contribution in [0.1, 0.15) is 23.6 Å². The van der Waals surface area contributed by atoms with E-state index in [1.165, 1.54) is 6.39 Å². The van der Waals surface area contributed by atoms with E-state index >= 15 is 0 Å². The highest BCUT2D eigenvalue weighted by Gasteiger charge is 2.19. The van der Waals surface area contributed by atoms with Gasteiger partial charge in [0.05, 0.1) is 12.5 Å². The van der Waals surface area contributed by atoms with Gasteiger partial charge in [0, 0.05) is 11.3 Å². The molecule has 1 aromatic heterocycles. The van der Waals surface area contributed by atoms with Crippen molar-refractivity contribution in [3.63, 3.8) is 0 Å². The zero-order chi connectivity index (χ0) is 19.2. The molecule has 138 valence electrons. The van der Waals surface area contributed by atoms with E-state index in [-0.39, 0.29) is 12.3 Å². The van der Waals surface area contributed by atoms with Crippen LogP contribution in [0.5, 0.6) is 0 Å². The molecular formula is C19H19N5O3. The molecule has 3 rings (SSSR count). The number of urea groups is 1. The van der Waals surface area contributed by atoms with Crippen molar-refractivity contribution in [2.45, 2.75) is 19.4 Å². The largest absolute Gasteiger partial charge is 0.423 e. The second kappa shape index (κ2) is 8.13. The van der Waals surface area contributed by atoms with E-state index < -0.39 is 12.1 Å². The number of nitrogens with one attached hydrogen (secondary N) is 2. The van der Waals surface area contributed by atoms with Gasteiger partial charge in [-0.1, -0.05) is 24.3 Å². The number of primary amides is 1. The maximum atomic E-state index is 12.5. The van der Waals surface area contributed by atoms with Crippen molar-refractivity contribution in [2.75, 3.05) is 5.32 Å². The number of benzene rings is 2. The quantitative estimate of drug-likeness (QED) is 0.620. The van der Waals surface area contributed by atoms with Gasteiger partial charge < -0.3 is 20.8 Å². The highest BCUT2D eigenvalue weighted by Crippen LogP contribution is 2.22. The number of anilines is 1. The van der Waals surface area contributed by atoms with Gasteiger partial charge in [-0.2, -0.15) is 0 Å². The van der Waals surface area contributed by atoms with Gasteiger partial charge in [0.1, 0.15) is 0 Å². The third-order valence-corrected chi connectivity index (χ3v) is 4.05. The Kier molecular flexibility index (Phi) is 5.46. The van der Waals surface area contributed by atoms with Crippen LogP contribution in [0.3, 0.4) is 0 Å². The Labute approximate surface area is 155 Å². The Bertz CT molecular complexity index is 923. The summed E-state index contributed by atoms with van der Waals surface area (Å²) in [6.07, 6.45) is 1.31. The van der Waals surface area contributed by atoms with Crippen LogP contribution in [0.15, 0.2) is 59.3 Å². The highest BCUT2D eigenvalue weighted by molar-refractivity contribution is 5.91. The molecule has 0 aliphatic heterocycles. The van der Waals surface area contributed by atoms with Gasteiger partial charge in [-0.25, -0.2) is 4.79 Å². The summed E-state index contributed by atoms with van der Waals surface area (Å²) in [4.78, 5) is 23.8. The third kappa shape index (κ3) is 4.69. The Hall–Kier alpha value is -3.68. The fourth-order valence-electron chi connectivity index (χ4n) is 2.78. The summed E-state index contributed by atoms with van der Waals surface area (Å²) in [5.41, 5.74) is 8.45. The molecule has 1 heterocycles. The fraction of sp³-hybridized carbons (Fsp3) is 0.158. The average Bonchev–Trinajstić information content (AvgIpc) is 3.16. The van der Waals surface area contributed by atoms with Crippen LogP contribution >= 0.6 is 0 Å². The van der Waals surface area contributed by atoms with E-state index in [1.807, 2.05) is 31.2 Å². The molecule has 2 aromatic carbocycles. The molecule has 0 saturated heterocycles. The first-order chi connectivity index (χ1) is 13.0. The summed E-state index contributed by atoms with van der Waals surface area (Å²) < 4.78 is 5.13. The molecule has 3 aromatic rings. The maximum Gasteiger partial charge on any atom is 0.312 e. The number of hydrogen-bond donors (Lipinski definition) is 3. The molecule has 8 heteroatoms. The summed E-state index contributed by atoms with van der Waals surface area (Å²) >= 11 is 0. The maximum absolute atomic E-state index is 12.5. The van der Waals surface area contributed by atoms with Crippen molar-refractivity contribution in [1.82, 2.24) is 15.5 Å². The van der Waals surface area contributed by atoms with Crippen LogP contribution in [-0.2, 0) is 4.79 Å². The zero-order valence-electron chi connectivity index (χ0n) is 14.7. The Morgan fingerprint density at radius 3 is 2.52 bits per heavy atom. The summed E-state index contributed by atoms with van der Waals surface area (Å²) in [6, 6.07) is 13.3. The number of rotatable bonds is 6. The predicted molar refractivity (Wildman–Crippen MR) is 99.6 cm³/mol. The number of aromatic nitrogens is 2. The second-order valence-corrected chi connectivity index (χ2v) is 5.99. The minimum Gasteiger partial charge on any atom is -0.423 e. The van der Waals surface area contributed by atoms with Crippen molar-refractivity contribution >= 4 is 17.6 Å². The van der Waals surface area contributed by atoms with Gasteiger partial charge >= 0.3 is 6.03 Å². The van der Waals surface area contributed by atoms with Gasteiger partial charge in [-0.3, -0.25) is 4.79 Å². The number of nitrogens with zero attached hydrogens (tertiary/aromatic N) is 2. The molecule has 8 nitrogen and oxygen atoms in total. The molecule has 4 N–H and O–H groups in total. The molecule has 0 aliphatic carbocycles. The molecule has 0 spiro atoms. The van der Waals surface area contributed by atoms with E-state index in [2.05, 4.69) is 20.8 Å². The van der Waals surface area contributed by atoms with Crippen LogP contribution in [0, 0.1) is 6.92 Å². The molecular weight excluding hydrogens is 346 g/mol. The lowest BCUT2D eigenvalue weighted by atomic mass is 9.98. The van der Waals surface area contributed by atoms with Crippen molar-refractivity contribution in [2.24, 2.45) is 5.73 Å². The highest BCUT2D eigenvalue weighted by atomic mass is 16.4. The lowest BCUT2D eigenvalue weighted by Crippen LogP contribution is -2.35. The number of aryl methyl sites for hydroxylation is 1. The lowest BCUT2D eigenvalue weighted by Gasteiger charge is -2.19. The Morgan fingerprint density at radius 1 is 1.15 bits per heavy atom. The first-order valence-electron chi connectivity index (χ1n) is 8.31. The van der Waals surface area contributed by atoms with Gasteiger partial charge in [0.2, 0.25) is 18.2 Å². The van der Waals surface area contributed by atoms with E-state index in [9.17, 15) is 9.59 Å². The Balaban J connectivity index is 1.69. The number of amides is 3. The van der Waals surface area contributed by atoms with Crippen LogP contribution in [0.4, 0.5) is 10.5 Å². The van der Waals surface area contributed by atoms with Gasteiger partial charge in [-0.15, -0.1) is 10.2 Å². The second-order valence-electron chi connectivity index (χ2n) is 5.99. The average molecular weight is 365 g/mol. The molecule has 0 fully saturated rings. The first kappa shape index (κ1) is 18.1. The lowest BCUT2D eigenvalue weighted by molar-refractivity contribution is -0.116. The van der Waals surface area contributed by atoms with Crippen molar-refractivity contribution in [1.29, 1.82) is 0 Å². The monoisotopic (exact) mass is 365 g/mol. The summed E-state index contributed by atoms with van der Waals surface area (Å²) in [6.45, 7) is 1.92. The van der Waals surface area contributed by atoms with Gasteiger partial charge in [0.15, 0.2) is 0 Å². The SMILES string of the molecule is Cc1ccccc1C(CC(=O)Nc1ccc(-c2nnco2)cc1)NC(N)=O. The standard InChI is InChI=1S/C19H19N5O3/c1-12-4-2-3-5-15(12)16(23-19(20)26)10-17(25)22-14-8-6-13(7-9-14)18-24-21-11-27-18/h2-9,11,16H,10H2,1H3,(H,22,25)(H3,20,23,26). The van der Waals surface area contributed by atoms with E-state index in [0.717, 1.165) is 16.7 Å². The van der Waals surface area contributed by atoms with Crippen LogP contribution in [-0.4, -0.2) is 22.1 Å². The minimum atomic E-state index is -0.681. The van der Waals surface area contributed by atoms with Crippen molar-refractivity contribution < 1.29 is 14.0 Å². The number of carbonyl (C=O) groups excluding carboxylic acids is 2. The van der Waals surface area contributed by atoms with Crippen LogP contribution in [0.25, 0.3) is 11.5 Å². The number of carbonyl (C=O) groups is 2. The van der Waals surface area contributed by atoms with Gasteiger partial charge in [-0.05, 0) is 42.3 Å². The molecule has 3 amide bonds.